The highest BCUT2D eigenvalue weighted by atomic mass is 16.4. The van der Waals surface area contributed by atoms with Crippen molar-refractivity contribution >= 4 is 5.97 Å². The number of rotatable bonds is 3. The smallest absolute Gasteiger partial charge is 0.333 e. The summed E-state index contributed by atoms with van der Waals surface area (Å²) < 4.78 is 0. The molecule has 10 heavy (non-hydrogen) atoms. The lowest BCUT2D eigenvalue weighted by atomic mass is 10.2. The topological polar surface area (TPSA) is 40.5 Å². The summed E-state index contributed by atoms with van der Waals surface area (Å²) in [5, 5.41) is 8.53. The third kappa shape index (κ3) is 3.12. The molecule has 0 aliphatic rings. The van der Waals surface area contributed by atoms with Crippen molar-refractivity contribution in [1.82, 2.24) is 4.90 Å². The molecule has 0 unspecified atom stereocenters. The van der Waals surface area contributed by atoms with E-state index in [1.54, 1.807) is 25.2 Å². The van der Waals surface area contributed by atoms with E-state index in [4.69, 9.17) is 5.11 Å². The monoisotopic (exact) mass is 143 g/mol. The van der Waals surface area contributed by atoms with Crippen molar-refractivity contribution in [2.24, 2.45) is 0 Å². The van der Waals surface area contributed by atoms with Gasteiger partial charge in [0.2, 0.25) is 0 Å². The molecule has 0 aliphatic carbocycles. The van der Waals surface area contributed by atoms with Gasteiger partial charge in [-0.1, -0.05) is 6.92 Å². The van der Waals surface area contributed by atoms with Crippen LogP contribution in [0.5, 0.6) is 0 Å². The highest BCUT2D eigenvalue weighted by Crippen LogP contribution is 2.00. The largest absolute Gasteiger partial charge is 0.478 e. The van der Waals surface area contributed by atoms with Crippen LogP contribution in [0.3, 0.4) is 0 Å². The van der Waals surface area contributed by atoms with Gasteiger partial charge in [0.25, 0.3) is 0 Å². The molecule has 0 rings (SSSR count). The molecule has 0 aromatic rings. The van der Waals surface area contributed by atoms with Gasteiger partial charge >= 0.3 is 5.97 Å². The zero-order chi connectivity index (χ0) is 8.15. The third-order valence-electron chi connectivity index (χ3n) is 1.07. The van der Waals surface area contributed by atoms with Crippen LogP contribution in [0.15, 0.2) is 11.8 Å². The number of aliphatic carboxylic acids is 1. The van der Waals surface area contributed by atoms with Gasteiger partial charge in [-0.15, -0.1) is 0 Å². The van der Waals surface area contributed by atoms with Crippen molar-refractivity contribution in [2.45, 2.75) is 13.3 Å². The van der Waals surface area contributed by atoms with Gasteiger partial charge in [0.1, 0.15) is 0 Å². The van der Waals surface area contributed by atoms with E-state index in [0.717, 1.165) is 0 Å². The SMILES string of the molecule is CCC(=CN(C)C)C(=O)O. The van der Waals surface area contributed by atoms with Crippen molar-refractivity contribution in [3.05, 3.63) is 11.8 Å². The molecular formula is C7H13NO2. The van der Waals surface area contributed by atoms with Crippen molar-refractivity contribution in [2.75, 3.05) is 14.1 Å². The minimum Gasteiger partial charge on any atom is -0.478 e. The quantitative estimate of drug-likeness (QED) is 0.597. The minimum absolute atomic E-state index is 0.435. The summed E-state index contributed by atoms with van der Waals surface area (Å²) in [6.45, 7) is 1.82. The second-order valence-electron chi connectivity index (χ2n) is 2.28. The first-order valence-corrected chi connectivity index (χ1v) is 3.18. The van der Waals surface area contributed by atoms with E-state index in [2.05, 4.69) is 0 Å². The number of hydrogen-bond acceptors (Lipinski definition) is 2. The zero-order valence-electron chi connectivity index (χ0n) is 6.59. The molecule has 0 saturated heterocycles. The maximum absolute atomic E-state index is 10.4. The molecule has 3 nitrogen and oxygen atoms in total. The number of carbonyl (C=O) groups is 1. The first kappa shape index (κ1) is 9.01. The summed E-state index contributed by atoms with van der Waals surface area (Å²) in [4.78, 5) is 12.1. The summed E-state index contributed by atoms with van der Waals surface area (Å²) in [6, 6.07) is 0. The fourth-order valence-electron chi connectivity index (χ4n) is 0.609. The maximum Gasteiger partial charge on any atom is 0.333 e. The normalized spacial score (nSPS) is 11.3. The Morgan fingerprint density at radius 3 is 2.20 bits per heavy atom. The second-order valence-corrected chi connectivity index (χ2v) is 2.28. The van der Waals surface area contributed by atoms with Crippen LogP contribution >= 0.6 is 0 Å². The van der Waals surface area contributed by atoms with Gasteiger partial charge in [0.15, 0.2) is 0 Å². The molecule has 0 aliphatic heterocycles. The molecule has 58 valence electrons. The number of nitrogens with zero attached hydrogens (tertiary/aromatic N) is 1. The second kappa shape index (κ2) is 3.93. The lowest BCUT2D eigenvalue weighted by Gasteiger charge is -2.05. The lowest BCUT2D eigenvalue weighted by Crippen LogP contribution is -2.07. The number of hydrogen-bond donors (Lipinski definition) is 1. The van der Waals surface area contributed by atoms with Gasteiger partial charge in [-0.2, -0.15) is 0 Å². The first-order chi connectivity index (χ1) is 4.57. The van der Waals surface area contributed by atoms with E-state index in [1.807, 2.05) is 6.92 Å². The number of carboxylic acids is 1. The van der Waals surface area contributed by atoms with Crippen LogP contribution in [-0.4, -0.2) is 30.1 Å². The van der Waals surface area contributed by atoms with E-state index in [0.29, 0.717) is 12.0 Å². The molecule has 0 radical (unpaired) electrons. The molecule has 0 saturated carbocycles. The molecule has 1 N–H and O–H groups in total. The average Bonchev–Trinajstić information content (AvgIpc) is 1.81. The van der Waals surface area contributed by atoms with Gasteiger partial charge in [-0.25, -0.2) is 4.79 Å². The van der Waals surface area contributed by atoms with Crippen molar-refractivity contribution in [3.8, 4) is 0 Å². The van der Waals surface area contributed by atoms with Gasteiger partial charge < -0.3 is 10.0 Å². The van der Waals surface area contributed by atoms with Crippen molar-refractivity contribution < 1.29 is 9.90 Å². The Hall–Kier alpha value is -0.990. The van der Waals surface area contributed by atoms with Crippen LogP contribution in [0.25, 0.3) is 0 Å². The van der Waals surface area contributed by atoms with Crippen molar-refractivity contribution in [3.63, 3.8) is 0 Å². The van der Waals surface area contributed by atoms with Crippen LogP contribution in [0.4, 0.5) is 0 Å². The molecule has 0 spiro atoms. The Balaban J connectivity index is 4.19. The minimum atomic E-state index is -0.837. The Labute approximate surface area is 61.0 Å². The zero-order valence-corrected chi connectivity index (χ0v) is 6.59. The molecule has 0 aromatic carbocycles. The van der Waals surface area contributed by atoms with Crippen LogP contribution < -0.4 is 0 Å². The van der Waals surface area contributed by atoms with Gasteiger partial charge in [0, 0.05) is 20.3 Å². The predicted molar refractivity (Wildman–Crippen MR) is 39.7 cm³/mol. The van der Waals surface area contributed by atoms with E-state index in [1.165, 1.54) is 0 Å². The molecule has 0 fully saturated rings. The summed E-state index contributed by atoms with van der Waals surface area (Å²) in [6.07, 6.45) is 2.18. The van der Waals surface area contributed by atoms with E-state index >= 15 is 0 Å². The summed E-state index contributed by atoms with van der Waals surface area (Å²) >= 11 is 0. The Morgan fingerprint density at radius 1 is 1.60 bits per heavy atom. The average molecular weight is 143 g/mol. The van der Waals surface area contributed by atoms with E-state index in [9.17, 15) is 4.79 Å². The number of carboxylic acid groups (broad SMARTS) is 1. The predicted octanol–water partition coefficient (Wildman–Crippen LogP) is 0.927. The molecule has 0 bridgehead atoms. The third-order valence-corrected chi connectivity index (χ3v) is 1.07. The fourth-order valence-corrected chi connectivity index (χ4v) is 0.609. The Morgan fingerprint density at radius 2 is 2.10 bits per heavy atom. The summed E-state index contributed by atoms with van der Waals surface area (Å²) in [5.74, 6) is -0.837. The maximum atomic E-state index is 10.4. The first-order valence-electron chi connectivity index (χ1n) is 3.18. The summed E-state index contributed by atoms with van der Waals surface area (Å²) in [5.41, 5.74) is 0.435. The molecule has 3 heteroatoms. The van der Waals surface area contributed by atoms with Gasteiger partial charge in [-0.05, 0) is 6.42 Å². The van der Waals surface area contributed by atoms with Gasteiger partial charge in [0.05, 0.1) is 5.57 Å². The van der Waals surface area contributed by atoms with Crippen LogP contribution in [0.2, 0.25) is 0 Å². The molecule has 0 aromatic heterocycles. The molecule has 0 heterocycles. The molecule has 0 atom stereocenters. The van der Waals surface area contributed by atoms with Crippen LogP contribution in [0, 0.1) is 0 Å². The summed E-state index contributed by atoms with van der Waals surface area (Å²) in [7, 11) is 3.61. The van der Waals surface area contributed by atoms with Gasteiger partial charge in [-0.3, -0.25) is 0 Å². The lowest BCUT2D eigenvalue weighted by molar-refractivity contribution is -0.132. The van der Waals surface area contributed by atoms with Crippen molar-refractivity contribution in [1.29, 1.82) is 0 Å². The molecular weight excluding hydrogens is 130 g/mol. The van der Waals surface area contributed by atoms with Crippen LogP contribution in [-0.2, 0) is 4.79 Å². The van der Waals surface area contributed by atoms with E-state index < -0.39 is 5.97 Å². The highest BCUT2D eigenvalue weighted by Gasteiger charge is 2.02. The molecule has 0 amide bonds. The Kier molecular flexibility index (Phi) is 3.54. The van der Waals surface area contributed by atoms with E-state index in [-0.39, 0.29) is 0 Å². The standard InChI is InChI=1S/C7H13NO2/c1-4-6(7(9)10)5-8(2)3/h5H,4H2,1-3H3,(H,9,10). The van der Waals surface area contributed by atoms with Crippen LogP contribution in [0.1, 0.15) is 13.3 Å². The Bertz CT molecular complexity index is 150. The fraction of sp³-hybridized carbons (Fsp3) is 0.571. The highest BCUT2D eigenvalue weighted by molar-refractivity contribution is 5.86.